The zero-order valence-corrected chi connectivity index (χ0v) is 18.2. The topological polar surface area (TPSA) is 88.3 Å². The third-order valence-electron chi connectivity index (χ3n) is 5.78. The number of unbranched alkanes of at least 4 members (excludes halogenated alkanes) is 6. The van der Waals surface area contributed by atoms with Crippen molar-refractivity contribution in [3.8, 4) is 0 Å². The van der Waals surface area contributed by atoms with Crippen molar-refractivity contribution in [3.63, 3.8) is 0 Å². The Bertz CT molecular complexity index is 901. The Kier molecular flexibility index (Phi) is 8.70. The summed E-state index contributed by atoms with van der Waals surface area (Å²) in [5.74, 6) is -2.52. The lowest BCUT2D eigenvalue weighted by molar-refractivity contribution is -0.137. The SMILES string of the molecule is O=C(O)CCc1cn(CCCCCCCCCC(=O)N2Cc3cc(F)c(F)cc3C2)nn1. The average Bonchev–Trinajstić information content (AvgIpc) is 3.38. The number of hydrogen-bond acceptors (Lipinski definition) is 4. The number of aromatic nitrogens is 3. The normalized spacial score (nSPS) is 12.9. The second-order valence-corrected chi connectivity index (χ2v) is 8.38. The van der Waals surface area contributed by atoms with E-state index in [0.717, 1.165) is 51.5 Å². The highest BCUT2D eigenvalue weighted by Crippen LogP contribution is 2.26. The zero-order chi connectivity index (χ0) is 22.9. The Morgan fingerprint density at radius 3 is 2.12 bits per heavy atom. The lowest BCUT2D eigenvalue weighted by Crippen LogP contribution is -2.24. The lowest BCUT2D eigenvalue weighted by Gasteiger charge is -2.15. The van der Waals surface area contributed by atoms with Gasteiger partial charge in [-0.05, 0) is 36.1 Å². The minimum atomic E-state index is -0.861. The van der Waals surface area contributed by atoms with Gasteiger partial charge in [0.1, 0.15) is 0 Å². The molecule has 32 heavy (non-hydrogen) atoms. The maximum absolute atomic E-state index is 13.3. The van der Waals surface area contributed by atoms with Gasteiger partial charge in [-0.3, -0.25) is 14.3 Å². The molecule has 2 heterocycles. The molecule has 0 saturated carbocycles. The molecule has 0 atom stereocenters. The van der Waals surface area contributed by atoms with Gasteiger partial charge >= 0.3 is 5.97 Å². The van der Waals surface area contributed by atoms with Crippen molar-refractivity contribution >= 4 is 11.9 Å². The number of fused-ring (bicyclic) bond motifs is 1. The molecule has 0 bridgehead atoms. The largest absolute Gasteiger partial charge is 0.481 e. The van der Waals surface area contributed by atoms with Gasteiger partial charge < -0.3 is 10.0 Å². The second kappa shape index (κ2) is 11.7. The third-order valence-corrected chi connectivity index (χ3v) is 5.78. The van der Waals surface area contributed by atoms with Crippen LogP contribution < -0.4 is 0 Å². The van der Waals surface area contributed by atoms with Crippen LogP contribution in [0.3, 0.4) is 0 Å². The first-order chi connectivity index (χ1) is 15.4. The van der Waals surface area contributed by atoms with Crippen LogP contribution in [-0.4, -0.2) is 36.9 Å². The van der Waals surface area contributed by atoms with Crippen LogP contribution in [0.1, 0.15) is 74.6 Å². The minimum absolute atomic E-state index is 0.0394. The highest BCUT2D eigenvalue weighted by atomic mass is 19.2. The molecule has 0 spiro atoms. The van der Waals surface area contributed by atoms with Gasteiger partial charge in [-0.25, -0.2) is 8.78 Å². The fourth-order valence-corrected chi connectivity index (χ4v) is 3.96. The molecule has 1 aliphatic heterocycles. The molecular formula is C23H30F2N4O3. The molecule has 0 unspecified atom stereocenters. The van der Waals surface area contributed by atoms with Crippen LogP contribution in [0.15, 0.2) is 18.3 Å². The van der Waals surface area contributed by atoms with E-state index in [-0.39, 0.29) is 12.3 Å². The molecule has 9 heteroatoms. The maximum atomic E-state index is 13.3. The summed E-state index contributed by atoms with van der Waals surface area (Å²) >= 11 is 0. The van der Waals surface area contributed by atoms with Crippen molar-refractivity contribution in [1.29, 1.82) is 0 Å². The van der Waals surface area contributed by atoms with E-state index < -0.39 is 17.6 Å². The number of halogens is 2. The van der Waals surface area contributed by atoms with Crippen LogP contribution in [-0.2, 0) is 35.6 Å². The predicted octanol–water partition coefficient (Wildman–Crippen LogP) is 4.24. The van der Waals surface area contributed by atoms with E-state index in [1.807, 2.05) is 6.20 Å². The number of carboxylic acid groups (broad SMARTS) is 1. The number of carboxylic acids is 1. The van der Waals surface area contributed by atoms with E-state index in [4.69, 9.17) is 5.11 Å². The summed E-state index contributed by atoms with van der Waals surface area (Å²) < 4.78 is 28.4. The van der Waals surface area contributed by atoms with Crippen LogP contribution in [0, 0.1) is 11.6 Å². The number of carbonyl (C=O) groups excluding carboxylic acids is 1. The fourth-order valence-electron chi connectivity index (χ4n) is 3.96. The van der Waals surface area contributed by atoms with Crippen molar-refractivity contribution in [2.24, 2.45) is 0 Å². The number of benzene rings is 1. The molecule has 174 valence electrons. The van der Waals surface area contributed by atoms with Crippen LogP contribution in [0.4, 0.5) is 8.78 Å². The van der Waals surface area contributed by atoms with Gasteiger partial charge in [0.15, 0.2) is 11.6 Å². The minimum Gasteiger partial charge on any atom is -0.481 e. The number of amides is 1. The van der Waals surface area contributed by atoms with Gasteiger partial charge in [0.2, 0.25) is 5.91 Å². The number of aliphatic carboxylic acids is 1. The van der Waals surface area contributed by atoms with Crippen LogP contribution >= 0.6 is 0 Å². The lowest BCUT2D eigenvalue weighted by atomic mass is 10.1. The number of carbonyl (C=O) groups is 2. The summed E-state index contributed by atoms with van der Waals surface area (Å²) in [6.07, 6.45) is 9.96. The van der Waals surface area contributed by atoms with Crippen LogP contribution in [0.5, 0.6) is 0 Å². The Hall–Kier alpha value is -2.84. The summed E-state index contributed by atoms with van der Waals surface area (Å²) in [6, 6.07) is 2.39. The van der Waals surface area contributed by atoms with Crippen molar-refractivity contribution in [2.75, 3.05) is 0 Å². The summed E-state index contributed by atoms with van der Waals surface area (Å²) in [7, 11) is 0. The fraction of sp³-hybridized carbons (Fsp3) is 0.565. The highest BCUT2D eigenvalue weighted by Gasteiger charge is 2.24. The Morgan fingerprint density at radius 1 is 0.906 bits per heavy atom. The van der Waals surface area contributed by atoms with E-state index in [1.54, 1.807) is 9.58 Å². The van der Waals surface area contributed by atoms with Crippen molar-refractivity contribution < 1.29 is 23.5 Å². The van der Waals surface area contributed by atoms with Crippen molar-refractivity contribution in [3.05, 3.63) is 46.8 Å². The maximum Gasteiger partial charge on any atom is 0.303 e. The molecular weight excluding hydrogens is 418 g/mol. The molecule has 0 radical (unpaired) electrons. The molecule has 3 rings (SSSR count). The van der Waals surface area contributed by atoms with Gasteiger partial charge in [0.25, 0.3) is 0 Å². The molecule has 7 nitrogen and oxygen atoms in total. The Labute approximate surface area is 186 Å². The smallest absolute Gasteiger partial charge is 0.303 e. The van der Waals surface area contributed by atoms with E-state index in [1.165, 1.54) is 12.1 Å². The quantitative estimate of drug-likeness (QED) is 0.463. The van der Waals surface area contributed by atoms with E-state index in [9.17, 15) is 18.4 Å². The molecule has 0 fully saturated rings. The summed E-state index contributed by atoms with van der Waals surface area (Å²) in [6.45, 7) is 1.50. The molecule has 0 saturated heterocycles. The van der Waals surface area contributed by atoms with Crippen LogP contribution in [0.25, 0.3) is 0 Å². The number of rotatable bonds is 13. The zero-order valence-electron chi connectivity index (χ0n) is 18.2. The first-order valence-electron chi connectivity index (χ1n) is 11.3. The third kappa shape index (κ3) is 7.10. The number of aryl methyl sites for hydroxylation is 2. The Morgan fingerprint density at radius 2 is 1.50 bits per heavy atom. The number of nitrogens with zero attached hydrogens (tertiary/aromatic N) is 4. The van der Waals surface area contributed by atoms with E-state index in [2.05, 4.69) is 10.3 Å². The monoisotopic (exact) mass is 448 g/mol. The summed E-state index contributed by atoms with van der Waals surface area (Å²) in [5, 5.41) is 16.7. The van der Waals surface area contributed by atoms with Gasteiger partial charge in [-0.15, -0.1) is 5.10 Å². The molecule has 1 amide bonds. The molecule has 1 N–H and O–H groups in total. The summed E-state index contributed by atoms with van der Waals surface area (Å²) in [5.41, 5.74) is 2.10. The molecule has 1 aromatic carbocycles. The van der Waals surface area contributed by atoms with Gasteiger partial charge in [-0.2, -0.15) is 0 Å². The predicted molar refractivity (Wildman–Crippen MR) is 114 cm³/mol. The van der Waals surface area contributed by atoms with E-state index in [0.29, 0.717) is 42.8 Å². The molecule has 1 aromatic heterocycles. The highest BCUT2D eigenvalue weighted by molar-refractivity contribution is 5.77. The van der Waals surface area contributed by atoms with Gasteiger partial charge in [-0.1, -0.05) is 37.3 Å². The first kappa shape index (κ1) is 23.8. The van der Waals surface area contributed by atoms with E-state index >= 15 is 0 Å². The van der Waals surface area contributed by atoms with Crippen LogP contribution in [0.2, 0.25) is 0 Å². The average molecular weight is 449 g/mol. The second-order valence-electron chi connectivity index (χ2n) is 8.38. The summed E-state index contributed by atoms with van der Waals surface area (Å²) in [4.78, 5) is 24.6. The molecule has 2 aromatic rings. The van der Waals surface area contributed by atoms with Gasteiger partial charge in [0, 0.05) is 38.7 Å². The first-order valence-corrected chi connectivity index (χ1v) is 11.3. The molecule has 1 aliphatic rings. The standard InChI is InChI=1S/C23H30F2N4O3/c24-20-12-17-14-28(15-18(17)13-21(20)25)22(30)8-6-4-2-1-3-5-7-11-29-16-19(26-27-29)9-10-23(31)32/h12-13,16H,1-11,14-15H2,(H,31,32). The molecule has 0 aliphatic carbocycles. The Balaban J connectivity index is 1.20. The van der Waals surface area contributed by atoms with Crippen molar-refractivity contribution in [1.82, 2.24) is 19.9 Å². The van der Waals surface area contributed by atoms with Crippen molar-refractivity contribution in [2.45, 2.75) is 83.8 Å². The number of hydrogen-bond donors (Lipinski definition) is 1. The van der Waals surface area contributed by atoms with Gasteiger partial charge in [0.05, 0.1) is 12.1 Å².